The Morgan fingerprint density at radius 2 is 1.96 bits per heavy atom. The molecule has 1 aliphatic heterocycles. The second-order valence-electron chi connectivity index (χ2n) is 6.71. The van der Waals surface area contributed by atoms with E-state index in [0.29, 0.717) is 26.2 Å². The lowest BCUT2D eigenvalue weighted by atomic mass is 10.2. The number of nitrogens with zero attached hydrogens (tertiary/aromatic N) is 3. The lowest BCUT2D eigenvalue weighted by Crippen LogP contribution is -2.54. The van der Waals surface area contributed by atoms with E-state index in [0.717, 1.165) is 19.6 Å². The number of carbonyl (C=O) groups excluding carboxylic acids is 2. The molecular weight excluding hydrogens is 298 g/mol. The van der Waals surface area contributed by atoms with Gasteiger partial charge in [0.1, 0.15) is 12.1 Å². The van der Waals surface area contributed by atoms with Crippen molar-refractivity contribution in [3.05, 3.63) is 0 Å². The fourth-order valence-electron chi connectivity index (χ4n) is 2.34. The predicted molar refractivity (Wildman–Crippen MR) is 88.4 cm³/mol. The SMILES string of the molecule is CCN(CCOC)CCN1CCN(C(=O)OC(C)(C)C)CC1=O. The second kappa shape index (κ2) is 9.08. The summed E-state index contributed by atoms with van der Waals surface area (Å²) in [6.07, 6.45) is -0.416. The number of ether oxygens (including phenoxy) is 2. The molecule has 2 amide bonds. The lowest BCUT2D eigenvalue weighted by molar-refractivity contribution is -0.136. The Balaban J connectivity index is 2.40. The fraction of sp³-hybridized carbons (Fsp3) is 0.875. The van der Waals surface area contributed by atoms with Gasteiger partial charge in [0.05, 0.1) is 6.61 Å². The third kappa shape index (κ3) is 7.18. The highest BCUT2D eigenvalue weighted by Crippen LogP contribution is 2.12. The summed E-state index contributed by atoms with van der Waals surface area (Å²) in [6.45, 7) is 12.7. The van der Waals surface area contributed by atoms with E-state index in [4.69, 9.17) is 9.47 Å². The van der Waals surface area contributed by atoms with E-state index >= 15 is 0 Å². The molecule has 7 nitrogen and oxygen atoms in total. The maximum Gasteiger partial charge on any atom is 0.410 e. The molecule has 0 bridgehead atoms. The van der Waals surface area contributed by atoms with Crippen LogP contribution in [0.5, 0.6) is 0 Å². The van der Waals surface area contributed by atoms with Crippen LogP contribution in [0.1, 0.15) is 27.7 Å². The molecule has 0 aromatic carbocycles. The molecule has 0 radical (unpaired) electrons. The van der Waals surface area contributed by atoms with E-state index < -0.39 is 11.7 Å². The predicted octanol–water partition coefficient (Wildman–Crippen LogP) is 1.03. The smallest absolute Gasteiger partial charge is 0.410 e. The Hall–Kier alpha value is -1.34. The van der Waals surface area contributed by atoms with Gasteiger partial charge in [-0.05, 0) is 27.3 Å². The van der Waals surface area contributed by atoms with Gasteiger partial charge in [0.2, 0.25) is 5.91 Å². The highest BCUT2D eigenvalue weighted by Gasteiger charge is 2.30. The van der Waals surface area contributed by atoms with Crippen LogP contribution in [0.3, 0.4) is 0 Å². The van der Waals surface area contributed by atoms with Gasteiger partial charge in [-0.25, -0.2) is 4.79 Å². The summed E-state index contributed by atoms with van der Waals surface area (Å²) in [7, 11) is 1.69. The van der Waals surface area contributed by atoms with Gasteiger partial charge in [0, 0.05) is 39.8 Å². The van der Waals surface area contributed by atoms with Crippen molar-refractivity contribution in [2.24, 2.45) is 0 Å². The quantitative estimate of drug-likeness (QED) is 0.698. The molecule has 7 heteroatoms. The molecule has 0 N–H and O–H groups in total. The third-order valence-corrected chi connectivity index (χ3v) is 3.72. The van der Waals surface area contributed by atoms with Crippen LogP contribution in [0, 0.1) is 0 Å². The van der Waals surface area contributed by atoms with Gasteiger partial charge in [-0.2, -0.15) is 0 Å². The van der Waals surface area contributed by atoms with Crippen LogP contribution >= 0.6 is 0 Å². The monoisotopic (exact) mass is 329 g/mol. The first-order valence-electron chi connectivity index (χ1n) is 8.23. The maximum atomic E-state index is 12.2. The first kappa shape index (κ1) is 19.7. The largest absolute Gasteiger partial charge is 0.444 e. The first-order chi connectivity index (χ1) is 10.8. The summed E-state index contributed by atoms with van der Waals surface area (Å²) in [5.41, 5.74) is -0.541. The van der Waals surface area contributed by atoms with E-state index in [1.807, 2.05) is 25.7 Å². The van der Waals surface area contributed by atoms with Gasteiger partial charge in [-0.15, -0.1) is 0 Å². The minimum Gasteiger partial charge on any atom is -0.444 e. The molecule has 0 spiro atoms. The van der Waals surface area contributed by atoms with Crippen LogP contribution in [0.15, 0.2) is 0 Å². The van der Waals surface area contributed by atoms with Crippen molar-refractivity contribution in [2.75, 3.05) is 59.5 Å². The molecule has 23 heavy (non-hydrogen) atoms. The van der Waals surface area contributed by atoms with Crippen LogP contribution in [0.4, 0.5) is 4.79 Å². The van der Waals surface area contributed by atoms with E-state index in [1.165, 1.54) is 4.90 Å². The van der Waals surface area contributed by atoms with Gasteiger partial charge in [0.15, 0.2) is 0 Å². The molecule has 0 aromatic heterocycles. The van der Waals surface area contributed by atoms with Crippen molar-refractivity contribution in [3.8, 4) is 0 Å². The molecule has 134 valence electrons. The average molecular weight is 329 g/mol. The topological polar surface area (TPSA) is 62.3 Å². The normalized spacial score (nSPS) is 16.2. The Morgan fingerprint density at radius 1 is 1.26 bits per heavy atom. The Bertz CT molecular complexity index is 395. The zero-order valence-corrected chi connectivity index (χ0v) is 15.1. The van der Waals surface area contributed by atoms with Gasteiger partial charge < -0.3 is 14.4 Å². The summed E-state index contributed by atoms with van der Waals surface area (Å²) in [6, 6.07) is 0. The molecule has 1 saturated heterocycles. The number of methoxy groups -OCH3 is 1. The maximum absolute atomic E-state index is 12.2. The van der Waals surface area contributed by atoms with E-state index in [-0.39, 0.29) is 12.5 Å². The van der Waals surface area contributed by atoms with Crippen LogP contribution in [-0.2, 0) is 14.3 Å². The summed E-state index contributed by atoms with van der Waals surface area (Å²) in [4.78, 5) is 29.8. The van der Waals surface area contributed by atoms with Crippen molar-refractivity contribution >= 4 is 12.0 Å². The van der Waals surface area contributed by atoms with Crippen LogP contribution < -0.4 is 0 Å². The molecule has 0 aromatic rings. The summed E-state index contributed by atoms with van der Waals surface area (Å²) in [5.74, 6) is -0.0232. The zero-order valence-electron chi connectivity index (χ0n) is 15.1. The molecular formula is C16H31N3O4. The third-order valence-electron chi connectivity index (χ3n) is 3.72. The van der Waals surface area contributed by atoms with E-state index in [9.17, 15) is 9.59 Å². The van der Waals surface area contributed by atoms with E-state index in [2.05, 4.69) is 11.8 Å². The van der Waals surface area contributed by atoms with Crippen molar-refractivity contribution in [1.29, 1.82) is 0 Å². The number of likely N-dealkylation sites (N-methyl/N-ethyl adjacent to an activating group) is 1. The summed E-state index contributed by atoms with van der Waals surface area (Å²) < 4.78 is 10.4. The molecule has 1 heterocycles. The molecule has 1 rings (SSSR count). The highest BCUT2D eigenvalue weighted by molar-refractivity contribution is 5.83. The van der Waals surface area contributed by atoms with Crippen LogP contribution in [0.2, 0.25) is 0 Å². The number of piperazine rings is 1. The first-order valence-corrected chi connectivity index (χ1v) is 8.23. The van der Waals surface area contributed by atoms with Crippen molar-refractivity contribution in [2.45, 2.75) is 33.3 Å². The number of amides is 2. The Kier molecular flexibility index (Phi) is 7.78. The minimum atomic E-state index is -0.541. The van der Waals surface area contributed by atoms with Gasteiger partial charge in [-0.3, -0.25) is 14.6 Å². The minimum absolute atomic E-state index is 0.0232. The van der Waals surface area contributed by atoms with Crippen molar-refractivity contribution in [3.63, 3.8) is 0 Å². The molecule has 1 fully saturated rings. The molecule has 0 unspecified atom stereocenters. The van der Waals surface area contributed by atoms with Gasteiger partial charge in [0.25, 0.3) is 0 Å². The van der Waals surface area contributed by atoms with Crippen LogP contribution in [0.25, 0.3) is 0 Å². The van der Waals surface area contributed by atoms with Crippen molar-refractivity contribution < 1.29 is 19.1 Å². The second-order valence-corrected chi connectivity index (χ2v) is 6.71. The zero-order chi connectivity index (χ0) is 17.5. The van der Waals surface area contributed by atoms with Crippen molar-refractivity contribution in [1.82, 2.24) is 14.7 Å². The highest BCUT2D eigenvalue weighted by atomic mass is 16.6. The number of carbonyl (C=O) groups is 2. The molecule has 0 saturated carbocycles. The summed E-state index contributed by atoms with van der Waals surface area (Å²) >= 11 is 0. The Labute approximate surface area is 139 Å². The molecule has 0 aliphatic carbocycles. The fourth-order valence-corrected chi connectivity index (χ4v) is 2.34. The summed E-state index contributed by atoms with van der Waals surface area (Å²) in [5, 5.41) is 0. The molecule has 0 atom stereocenters. The lowest BCUT2D eigenvalue weighted by Gasteiger charge is -2.36. The van der Waals surface area contributed by atoms with Gasteiger partial charge >= 0.3 is 6.09 Å². The average Bonchev–Trinajstić information content (AvgIpc) is 2.46. The Morgan fingerprint density at radius 3 is 2.48 bits per heavy atom. The van der Waals surface area contributed by atoms with E-state index in [1.54, 1.807) is 7.11 Å². The number of hydrogen-bond acceptors (Lipinski definition) is 5. The number of hydrogen-bond donors (Lipinski definition) is 0. The van der Waals surface area contributed by atoms with Gasteiger partial charge in [-0.1, -0.05) is 6.92 Å². The molecule has 1 aliphatic rings. The number of rotatable bonds is 7. The standard InChI is InChI=1S/C16H31N3O4/c1-6-17(11-12-22-5)7-8-18-9-10-19(13-14(18)20)15(21)23-16(2,3)4/h6-13H2,1-5H3. The van der Waals surface area contributed by atoms with Crippen LogP contribution in [-0.4, -0.2) is 91.8 Å².